The van der Waals surface area contributed by atoms with Gasteiger partial charge in [-0.25, -0.2) is 0 Å². The zero-order chi connectivity index (χ0) is 20.1. The summed E-state index contributed by atoms with van der Waals surface area (Å²) in [5.41, 5.74) is 4.63. The predicted octanol–water partition coefficient (Wildman–Crippen LogP) is 4.47. The van der Waals surface area contributed by atoms with Crippen LogP contribution in [-0.4, -0.2) is 22.9 Å². The van der Waals surface area contributed by atoms with Crippen molar-refractivity contribution in [1.29, 1.82) is 0 Å². The molecule has 0 unspecified atom stereocenters. The van der Waals surface area contributed by atoms with Gasteiger partial charge in [-0.3, -0.25) is 15.5 Å². The Morgan fingerprint density at radius 3 is 2.57 bits per heavy atom. The van der Waals surface area contributed by atoms with E-state index in [4.69, 9.17) is 17.0 Å². The number of nitro benzene ring substituents is 1. The highest BCUT2D eigenvalue weighted by atomic mass is 32.1. The fourth-order valence-electron chi connectivity index (χ4n) is 2.66. The maximum Gasteiger partial charge on any atom is 0.292 e. The van der Waals surface area contributed by atoms with Crippen molar-refractivity contribution >= 4 is 45.2 Å². The smallest absolute Gasteiger partial charge is 0.292 e. The van der Waals surface area contributed by atoms with E-state index >= 15 is 0 Å². The summed E-state index contributed by atoms with van der Waals surface area (Å²) in [4.78, 5) is 10.6. The first-order valence-corrected chi connectivity index (χ1v) is 8.81. The summed E-state index contributed by atoms with van der Waals surface area (Å²) in [6, 6.07) is 18.1. The van der Waals surface area contributed by atoms with Crippen molar-refractivity contribution in [1.82, 2.24) is 5.43 Å². The molecule has 0 atom stereocenters. The quantitative estimate of drug-likeness (QED) is 0.287. The highest BCUT2D eigenvalue weighted by molar-refractivity contribution is 7.80. The number of anilines is 1. The second-order valence-electron chi connectivity index (χ2n) is 5.97. The molecule has 0 bridgehead atoms. The molecule has 3 rings (SSSR count). The molecule has 0 aliphatic heterocycles. The number of ether oxygens (including phenoxy) is 1. The number of thiocarbonyl (C=S) groups is 1. The number of nitrogens with zero attached hydrogens (tertiary/aromatic N) is 2. The van der Waals surface area contributed by atoms with E-state index < -0.39 is 4.92 Å². The molecule has 0 radical (unpaired) electrons. The Labute approximate surface area is 167 Å². The molecule has 0 amide bonds. The van der Waals surface area contributed by atoms with Crippen molar-refractivity contribution in [3.8, 4) is 5.75 Å². The van der Waals surface area contributed by atoms with Gasteiger partial charge in [0.15, 0.2) is 5.11 Å². The number of hydrogen-bond donors (Lipinski definition) is 2. The molecular weight excluding hydrogens is 376 g/mol. The monoisotopic (exact) mass is 394 g/mol. The average Bonchev–Trinajstić information content (AvgIpc) is 2.71. The lowest BCUT2D eigenvalue weighted by molar-refractivity contribution is -0.383. The SMILES string of the molecule is COc1ccc2cc(/C(C)=N\NC(=S)Nc3ccccc3[N+](=O)[O-])ccc2c1. The first kappa shape index (κ1) is 19.2. The second-order valence-corrected chi connectivity index (χ2v) is 6.37. The first-order chi connectivity index (χ1) is 13.5. The highest BCUT2D eigenvalue weighted by Crippen LogP contribution is 2.23. The fourth-order valence-corrected chi connectivity index (χ4v) is 2.82. The van der Waals surface area contributed by atoms with E-state index in [0.29, 0.717) is 5.69 Å². The Bertz CT molecular complexity index is 1080. The minimum absolute atomic E-state index is 0.0580. The summed E-state index contributed by atoms with van der Waals surface area (Å²) in [6.07, 6.45) is 0. The van der Waals surface area contributed by atoms with Crippen LogP contribution < -0.4 is 15.5 Å². The molecule has 0 spiro atoms. The molecular formula is C20H18N4O3S. The summed E-state index contributed by atoms with van der Waals surface area (Å²) in [5, 5.41) is 20.4. The van der Waals surface area contributed by atoms with Crippen molar-refractivity contribution in [2.75, 3.05) is 12.4 Å². The number of rotatable bonds is 5. The number of hydrogen-bond acceptors (Lipinski definition) is 5. The Balaban J connectivity index is 1.72. The van der Waals surface area contributed by atoms with E-state index in [0.717, 1.165) is 27.8 Å². The van der Waals surface area contributed by atoms with Crippen LogP contribution in [0, 0.1) is 10.1 Å². The van der Waals surface area contributed by atoms with E-state index in [9.17, 15) is 10.1 Å². The van der Waals surface area contributed by atoms with Gasteiger partial charge in [-0.2, -0.15) is 5.10 Å². The lowest BCUT2D eigenvalue weighted by atomic mass is 10.0. The van der Waals surface area contributed by atoms with Gasteiger partial charge in [0.1, 0.15) is 11.4 Å². The molecule has 0 aromatic heterocycles. The molecule has 0 aliphatic carbocycles. The van der Waals surface area contributed by atoms with Crippen molar-refractivity contribution in [3.05, 3.63) is 76.3 Å². The van der Waals surface area contributed by atoms with Crippen LogP contribution in [0.5, 0.6) is 5.75 Å². The second kappa shape index (κ2) is 8.45. The number of nitrogens with one attached hydrogen (secondary N) is 2. The highest BCUT2D eigenvalue weighted by Gasteiger charge is 2.13. The molecule has 0 heterocycles. The van der Waals surface area contributed by atoms with Crippen LogP contribution in [0.25, 0.3) is 10.8 Å². The van der Waals surface area contributed by atoms with Gasteiger partial charge in [-0.05, 0) is 59.7 Å². The maximum absolute atomic E-state index is 11.1. The summed E-state index contributed by atoms with van der Waals surface area (Å²) in [5.74, 6) is 0.804. The molecule has 0 saturated carbocycles. The summed E-state index contributed by atoms with van der Waals surface area (Å²) in [7, 11) is 1.64. The predicted molar refractivity (Wildman–Crippen MR) is 115 cm³/mol. The van der Waals surface area contributed by atoms with Crippen molar-refractivity contribution in [2.45, 2.75) is 6.92 Å². The van der Waals surface area contributed by atoms with Crippen LogP contribution >= 0.6 is 12.2 Å². The first-order valence-electron chi connectivity index (χ1n) is 8.41. The van der Waals surface area contributed by atoms with Gasteiger partial charge < -0.3 is 10.1 Å². The van der Waals surface area contributed by atoms with Crippen molar-refractivity contribution in [2.24, 2.45) is 5.10 Å². The third-order valence-corrected chi connectivity index (χ3v) is 4.33. The van der Waals surface area contributed by atoms with E-state index in [1.807, 2.05) is 43.3 Å². The lowest BCUT2D eigenvalue weighted by Crippen LogP contribution is -2.25. The minimum Gasteiger partial charge on any atom is -0.497 e. The van der Waals surface area contributed by atoms with Crippen LogP contribution in [0.4, 0.5) is 11.4 Å². The minimum atomic E-state index is -0.469. The topological polar surface area (TPSA) is 88.8 Å². The Hall–Kier alpha value is -3.52. The number of fused-ring (bicyclic) bond motifs is 1. The maximum atomic E-state index is 11.1. The molecule has 3 aromatic carbocycles. The van der Waals surface area contributed by atoms with Gasteiger partial charge in [-0.15, -0.1) is 0 Å². The molecule has 0 fully saturated rings. The van der Waals surface area contributed by atoms with E-state index in [1.54, 1.807) is 25.3 Å². The Morgan fingerprint density at radius 1 is 1.11 bits per heavy atom. The number of hydrazone groups is 1. The van der Waals surface area contributed by atoms with Gasteiger partial charge in [-0.1, -0.05) is 30.3 Å². The summed E-state index contributed by atoms with van der Waals surface area (Å²) < 4.78 is 5.24. The number of benzene rings is 3. The van der Waals surface area contributed by atoms with Crippen LogP contribution in [0.1, 0.15) is 12.5 Å². The molecule has 7 nitrogen and oxygen atoms in total. The fraction of sp³-hybridized carbons (Fsp3) is 0.100. The molecule has 142 valence electrons. The summed E-state index contributed by atoms with van der Waals surface area (Å²) >= 11 is 5.19. The third-order valence-electron chi connectivity index (χ3n) is 4.14. The zero-order valence-corrected chi connectivity index (χ0v) is 16.1. The van der Waals surface area contributed by atoms with Gasteiger partial charge in [0.2, 0.25) is 0 Å². The molecule has 2 N–H and O–H groups in total. The molecule has 0 saturated heterocycles. The van der Waals surface area contributed by atoms with Gasteiger partial charge in [0, 0.05) is 6.07 Å². The summed E-state index contributed by atoms with van der Waals surface area (Å²) in [6.45, 7) is 1.85. The van der Waals surface area contributed by atoms with Gasteiger partial charge in [0.05, 0.1) is 17.7 Å². The van der Waals surface area contributed by atoms with Crippen LogP contribution in [0.3, 0.4) is 0 Å². The molecule has 8 heteroatoms. The molecule has 28 heavy (non-hydrogen) atoms. The van der Waals surface area contributed by atoms with E-state index in [2.05, 4.69) is 15.8 Å². The number of methoxy groups -OCH3 is 1. The average molecular weight is 394 g/mol. The Kier molecular flexibility index (Phi) is 5.81. The standard InChI is InChI=1S/C20H18N4O3S/c1-13(14-7-8-16-12-17(27-2)10-9-15(16)11-14)22-23-20(28)21-18-5-3-4-6-19(18)24(25)26/h3-12H,1-2H3,(H2,21,23,28)/b22-13-. The van der Waals surface area contributed by atoms with Gasteiger partial charge >= 0.3 is 0 Å². The van der Waals surface area contributed by atoms with Crippen molar-refractivity contribution < 1.29 is 9.66 Å². The largest absolute Gasteiger partial charge is 0.497 e. The number of para-hydroxylation sites is 2. The molecule has 3 aromatic rings. The zero-order valence-electron chi connectivity index (χ0n) is 15.3. The van der Waals surface area contributed by atoms with E-state index in [1.165, 1.54) is 6.07 Å². The van der Waals surface area contributed by atoms with E-state index in [-0.39, 0.29) is 10.8 Å². The normalized spacial score (nSPS) is 11.1. The van der Waals surface area contributed by atoms with Crippen LogP contribution in [0.2, 0.25) is 0 Å². The lowest BCUT2D eigenvalue weighted by Gasteiger charge is -2.09. The van der Waals surface area contributed by atoms with Crippen LogP contribution in [0.15, 0.2) is 65.8 Å². The third kappa shape index (κ3) is 4.41. The van der Waals surface area contributed by atoms with Crippen molar-refractivity contribution in [3.63, 3.8) is 0 Å². The number of nitro groups is 1. The van der Waals surface area contributed by atoms with Crippen LogP contribution in [-0.2, 0) is 0 Å². The Morgan fingerprint density at radius 2 is 1.82 bits per heavy atom. The van der Waals surface area contributed by atoms with Gasteiger partial charge in [0.25, 0.3) is 5.69 Å². The molecule has 0 aliphatic rings.